The van der Waals surface area contributed by atoms with E-state index in [4.69, 9.17) is 9.47 Å². The zero-order valence-electron chi connectivity index (χ0n) is 12.5. The Kier molecular flexibility index (Phi) is 7.15. The van der Waals surface area contributed by atoms with Crippen LogP contribution in [0, 0.1) is 0 Å². The van der Waals surface area contributed by atoms with E-state index >= 15 is 0 Å². The van der Waals surface area contributed by atoms with Crippen LogP contribution in [0.15, 0.2) is 0 Å². The van der Waals surface area contributed by atoms with E-state index in [0.29, 0.717) is 5.54 Å². The molecule has 4 heteroatoms. The molecule has 1 fully saturated rings. The van der Waals surface area contributed by atoms with Crippen LogP contribution in [-0.2, 0) is 9.47 Å². The number of nitrogens with zero attached hydrogens (tertiary/aromatic N) is 1. The van der Waals surface area contributed by atoms with E-state index < -0.39 is 0 Å². The second kappa shape index (κ2) is 8.10. The summed E-state index contributed by atoms with van der Waals surface area (Å²) in [6.07, 6.45) is 3.38. The van der Waals surface area contributed by atoms with Gasteiger partial charge in [-0.3, -0.25) is 0 Å². The molecule has 18 heavy (non-hydrogen) atoms. The molecule has 1 N–H and O–H groups in total. The third-order valence-corrected chi connectivity index (χ3v) is 3.95. The fraction of sp³-hybridized carbons (Fsp3) is 1.00. The van der Waals surface area contributed by atoms with Gasteiger partial charge in [0.05, 0.1) is 0 Å². The molecule has 0 amide bonds. The number of hydrogen-bond acceptors (Lipinski definition) is 4. The molecule has 0 aliphatic carbocycles. The number of hydrogen-bond donors (Lipinski definition) is 1. The van der Waals surface area contributed by atoms with Crippen molar-refractivity contribution in [2.24, 2.45) is 0 Å². The third kappa shape index (κ3) is 5.22. The van der Waals surface area contributed by atoms with Crippen LogP contribution in [0.25, 0.3) is 0 Å². The predicted molar refractivity (Wildman–Crippen MR) is 74.8 cm³/mol. The summed E-state index contributed by atoms with van der Waals surface area (Å²) in [6.45, 7) is 11.2. The van der Waals surface area contributed by atoms with Crippen LogP contribution in [0.4, 0.5) is 0 Å². The van der Waals surface area contributed by atoms with Gasteiger partial charge in [-0.2, -0.15) is 0 Å². The van der Waals surface area contributed by atoms with Crippen molar-refractivity contribution in [3.8, 4) is 0 Å². The van der Waals surface area contributed by atoms with Crippen molar-refractivity contribution in [2.45, 2.75) is 51.9 Å². The van der Waals surface area contributed by atoms with Gasteiger partial charge >= 0.3 is 0 Å². The zero-order chi connectivity index (χ0) is 13.4. The van der Waals surface area contributed by atoms with E-state index in [-0.39, 0.29) is 6.29 Å². The van der Waals surface area contributed by atoms with Crippen molar-refractivity contribution in [3.63, 3.8) is 0 Å². The molecule has 1 rings (SSSR count). The maximum Gasteiger partial charge on any atom is 0.158 e. The number of rotatable bonds is 8. The van der Waals surface area contributed by atoms with Crippen LogP contribution >= 0.6 is 0 Å². The average molecular weight is 258 g/mol. The van der Waals surface area contributed by atoms with Crippen molar-refractivity contribution in [3.05, 3.63) is 0 Å². The van der Waals surface area contributed by atoms with Crippen LogP contribution in [0.1, 0.15) is 40.0 Å². The van der Waals surface area contributed by atoms with E-state index in [1.807, 2.05) is 13.8 Å². The summed E-state index contributed by atoms with van der Waals surface area (Å²) in [5.41, 5.74) is 0.329. The Morgan fingerprint density at radius 3 is 2.17 bits per heavy atom. The molecule has 1 aliphatic rings. The smallest absolute Gasteiger partial charge is 0.158 e. The summed E-state index contributed by atoms with van der Waals surface area (Å²) in [6, 6.07) is 0. The molecule has 0 unspecified atom stereocenters. The Hall–Kier alpha value is -0.160. The van der Waals surface area contributed by atoms with Crippen LogP contribution in [-0.4, -0.2) is 56.6 Å². The zero-order valence-corrected chi connectivity index (χ0v) is 12.5. The molecular weight excluding hydrogens is 228 g/mol. The SMILES string of the molecule is CCOC(CCN1CCC(C)(NC)CC1)OCC. The standard InChI is InChI=1S/C14H30N2O2/c1-5-17-13(18-6-2)7-10-16-11-8-14(3,15-4)9-12-16/h13,15H,5-12H2,1-4H3. The van der Waals surface area contributed by atoms with Gasteiger partial charge in [0.15, 0.2) is 6.29 Å². The molecule has 1 heterocycles. The van der Waals surface area contributed by atoms with Gasteiger partial charge < -0.3 is 19.7 Å². The molecule has 0 aromatic carbocycles. The molecule has 4 nitrogen and oxygen atoms in total. The highest BCUT2D eigenvalue weighted by Crippen LogP contribution is 2.21. The average Bonchev–Trinajstić information content (AvgIpc) is 2.38. The maximum atomic E-state index is 5.57. The van der Waals surface area contributed by atoms with Gasteiger partial charge in [0, 0.05) is 31.7 Å². The second-order valence-corrected chi connectivity index (χ2v) is 5.28. The van der Waals surface area contributed by atoms with Crippen LogP contribution in [0.3, 0.4) is 0 Å². The Bertz CT molecular complexity index is 210. The fourth-order valence-corrected chi connectivity index (χ4v) is 2.39. The van der Waals surface area contributed by atoms with Gasteiger partial charge in [0.1, 0.15) is 0 Å². The summed E-state index contributed by atoms with van der Waals surface area (Å²) in [5.74, 6) is 0. The maximum absolute atomic E-state index is 5.57. The lowest BCUT2D eigenvalue weighted by molar-refractivity contribution is -0.142. The normalized spacial score (nSPS) is 20.5. The van der Waals surface area contributed by atoms with E-state index in [2.05, 4.69) is 24.2 Å². The van der Waals surface area contributed by atoms with Gasteiger partial charge in [0.2, 0.25) is 0 Å². The largest absolute Gasteiger partial charge is 0.353 e. The Morgan fingerprint density at radius 2 is 1.72 bits per heavy atom. The van der Waals surface area contributed by atoms with Crippen LogP contribution in [0.5, 0.6) is 0 Å². The molecular formula is C14H30N2O2. The third-order valence-electron chi connectivity index (χ3n) is 3.95. The highest BCUT2D eigenvalue weighted by Gasteiger charge is 2.28. The minimum Gasteiger partial charge on any atom is -0.353 e. The molecule has 0 aromatic heterocycles. The number of nitrogens with one attached hydrogen (secondary N) is 1. The van der Waals surface area contributed by atoms with E-state index in [1.54, 1.807) is 0 Å². The van der Waals surface area contributed by atoms with Crippen molar-refractivity contribution in [1.29, 1.82) is 0 Å². The molecule has 108 valence electrons. The summed E-state index contributed by atoms with van der Waals surface area (Å²) < 4.78 is 11.1. The lowest BCUT2D eigenvalue weighted by Crippen LogP contribution is -2.50. The van der Waals surface area contributed by atoms with Crippen LogP contribution < -0.4 is 5.32 Å². The van der Waals surface area contributed by atoms with E-state index in [0.717, 1.165) is 26.2 Å². The molecule has 0 atom stereocenters. The van der Waals surface area contributed by atoms with E-state index in [1.165, 1.54) is 25.9 Å². The lowest BCUT2D eigenvalue weighted by Gasteiger charge is -2.39. The first kappa shape index (κ1) is 15.9. The molecule has 1 saturated heterocycles. The second-order valence-electron chi connectivity index (χ2n) is 5.28. The fourth-order valence-electron chi connectivity index (χ4n) is 2.39. The summed E-state index contributed by atoms with van der Waals surface area (Å²) in [7, 11) is 2.07. The van der Waals surface area contributed by atoms with Gasteiger partial charge in [-0.1, -0.05) is 0 Å². The summed E-state index contributed by atoms with van der Waals surface area (Å²) >= 11 is 0. The lowest BCUT2D eigenvalue weighted by atomic mass is 9.90. The van der Waals surface area contributed by atoms with Gasteiger partial charge in [-0.25, -0.2) is 0 Å². The van der Waals surface area contributed by atoms with Crippen LogP contribution in [0.2, 0.25) is 0 Å². The molecule has 1 aliphatic heterocycles. The monoisotopic (exact) mass is 258 g/mol. The molecule has 0 aromatic rings. The first-order valence-electron chi connectivity index (χ1n) is 7.28. The highest BCUT2D eigenvalue weighted by atomic mass is 16.7. The molecule has 0 saturated carbocycles. The number of piperidine rings is 1. The predicted octanol–water partition coefficient (Wildman–Crippen LogP) is 1.85. The first-order valence-corrected chi connectivity index (χ1v) is 7.28. The van der Waals surface area contributed by atoms with Crippen molar-refractivity contribution < 1.29 is 9.47 Å². The van der Waals surface area contributed by atoms with Crippen molar-refractivity contribution in [1.82, 2.24) is 10.2 Å². The highest BCUT2D eigenvalue weighted by molar-refractivity contribution is 4.88. The van der Waals surface area contributed by atoms with Crippen molar-refractivity contribution in [2.75, 3.05) is 39.9 Å². The summed E-state index contributed by atoms with van der Waals surface area (Å²) in [5, 5.41) is 3.43. The Balaban J connectivity index is 2.23. The van der Waals surface area contributed by atoms with Gasteiger partial charge in [-0.05, 0) is 53.8 Å². The number of ether oxygens (including phenoxy) is 2. The molecule has 0 bridgehead atoms. The minimum atomic E-state index is -0.0300. The minimum absolute atomic E-state index is 0.0300. The van der Waals surface area contributed by atoms with Gasteiger partial charge in [0.25, 0.3) is 0 Å². The number of likely N-dealkylation sites (tertiary alicyclic amines) is 1. The Morgan fingerprint density at radius 1 is 1.17 bits per heavy atom. The van der Waals surface area contributed by atoms with Crippen molar-refractivity contribution >= 4 is 0 Å². The Labute approximate surface area is 112 Å². The first-order chi connectivity index (χ1) is 8.63. The topological polar surface area (TPSA) is 33.7 Å². The summed E-state index contributed by atoms with van der Waals surface area (Å²) in [4.78, 5) is 2.52. The molecule has 0 spiro atoms. The van der Waals surface area contributed by atoms with E-state index in [9.17, 15) is 0 Å². The van der Waals surface area contributed by atoms with Gasteiger partial charge in [-0.15, -0.1) is 0 Å². The quantitative estimate of drug-likeness (QED) is 0.674. The molecule has 0 radical (unpaired) electrons.